The van der Waals surface area contributed by atoms with Gasteiger partial charge >= 0.3 is 11.9 Å². The Balaban J connectivity index is 1.94. The zero-order chi connectivity index (χ0) is 22.4. The monoisotopic (exact) mass is 424 g/mol. The fraction of sp³-hybridized carbons (Fsp3) is 0.348. The number of hydroxylamine groups is 1. The summed E-state index contributed by atoms with van der Waals surface area (Å²) in [6.07, 6.45) is 0.0634. The van der Waals surface area contributed by atoms with Crippen LogP contribution in [0.1, 0.15) is 24.0 Å². The molecular weight excluding hydrogens is 400 g/mol. The van der Waals surface area contributed by atoms with Crippen LogP contribution < -0.4 is 9.96 Å². The minimum absolute atomic E-state index is 0.0808. The van der Waals surface area contributed by atoms with Crippen molar-refractivity contribution in [2.75, 3.05) is 31.2 Å². The Hall–Kier alpha value is -3.39. The van der Waals surface area contributed by atoms with Gasteiger partial charge in [0.25, 0.3) is 11.5 Å². The number of rotatable bonds is 3. The fourth-order valence-electron chi connectivity index (χ4n) is 4.47. The Morgan fingerprint density at radius 2 is 1.65 bits per heavy atom. The maximum Gasteiger partial charge on any atom is 0.352 e. The van der Waals surface area contributed by atoms with Crippen molar-refractivity contribution in [2.45, 2.75) is 30.9 Å². The molecule has 2 aliphatic heterocycles. The van der Waals surface area contributed by atoms with Crippen molar-refractivity contribution in [2.24, 2.45) is 0 Å². The minimum Gasteiger partial charge on any atom is -0.466 e. The van der Waals surface area contributed by atoms with E-state index in [-0.39, 0.29) is 18.7 Å². The van der Waals surface area contributed by atoms with Gasteiger partial charge in [0.1, 0.15) is 0 Å². The van der Waals surface area contributed by atoms with E-state index >= 15 is 0 Å². The summed E-state index contributed by atoms with van der Waals surface area (Å²) in [6.45, 7) is 1.95. The van der Waals surface area contributed by atoms with Crippen LogP contribution in [0, 0.1) is 6.92 Å². The van der Waals surface area contributed by atoms with Gasteiger partial charge in [-0.3, -0.25) is 4.79 Å². The molecule has 1 amide bonds. The smallest absolute Gasteiger partial charge is 0.352 e. The topological polar surface area (TPSA) is 85.4 Å². The largest absolute Gasteiger partial charge is 0.466 e. The summed E-state index contributed by atoms with van der Waals surface area (Å²) in [5.74, 6) is -1.96. The van der Waals surface area contributed by atoms with Crippen LogP contribution in [0.15, 0.2) is 48.5 Å². The van der Waals surface area contributed by atoms with Gasteiger partial charge in [0.15, 0.2) is 5.54 Å². The highest BCUT2D eigenvalue weighted by atomic mass is 16.7. The molecule has 1 unspecified atom stereocenters. The highest BCUT2D eigenvalue weighted by Gasteiger charge is 2.65. The molecule has 2 aromatic rings. The number of ether oxygens (including phenoxy) is 2. The maximum absolute atomic E-state index is 13.7. The highest BCUT2D eigenvalue weighted by molar-refractivity contribution is 6.10. The second-order valence-electron chi connectivity index (χ2n) is 7.78. The number of esters is 2. The summed E-state index contributed by atoms with van der Waals surface area (Å²) >= 11 is 0. The number of benzene rings is 2. The Bertz CT molecular complexity index is 1040. The first-order chi connectivity index (χ1) is 14.8. The first-order valence-electron chi connectivity index (χ1n) is 9.92. The van der Waals surface area contributed by atoms with Crippen molar-refractivity contribution in [3.63, 3.8) is 0 Å². The second-order valence-corrected chi connectivity index (χ2v) is 7.78. The van der Waals surface area contributed by atoms with Crippen LogP contribution in [0.3, 0.4) is 0 Å². The molecule has 8 heteroatoms. The molecule has 162 valence electrons. The van der Waals surface area contributed by atoms with Crippen LogP contribution >= 0.6 is 0 Å². The fourth-order valence-corrected chi connectivity index (χ4v) is 4.47. The van der Waals surface area contributed by atoms with Crippen LogP contribution in [-0.4, -0.2) is 44.7 Å². The van der Waals surface area contributed by atoms with Gasteiger partial charge in [0.2, 0.25) is 0 Å². The molecule has 1 fully saturated rings. The number of methoxy groups -OCH3 is 2. The number of anilines is 2. The van der Waals surface area contributed by atoms with Gasteiger partial charge in [0.05, 0.1) is 19.9 Å². The summed E-state index contributed by atoms with van der Waals surface area (Å²) in [5.41, 5.74) is -0.218. The molecule has 2 aliphatic rings. The molecule has 0 radical (unpaired) electrons. The van der Waals surface area contributed by atoms with Crippen molar-refractivity contribution >= 4 is 29.2 Å². The molecule has 2 heterocycles. The zero-order valence-electron chi connectivity index (χ0n) is 17.9. The Labute approximate surface area is 180 Å². The summed E-state index contributed by atoms with van der Waals surface area (Å²) in [6, 6.07) is 14.7. The predicted molar refractivity (Wildman–Crippen MR) is 112 cm³/mol. The molecule has 0 aromatic heterocycles. The van der Waals surface area contributed by atoms with E-state index in [1.54, 1.807) is 36.2 Å². The number of nitrogens with zero attached hydrogens (tertiary/aromatic N) is 2. The third kappa shape index (κ3) is 2.82. The third-order valence-corrected chi connectivity index (χ3v) is 6.07. The van der Waals surface area contributed by atoms with Crippen LogP contribution in [0.25, 0.3) is 0 Å². The van der Waals surface area contributed by atoms with Crippen molar-refractivity contribution in [3.05, 3.63) is 59.7 Å². The summed E-state index contributed by atoms with van der Waals surface area (Å²) in [4.78, 5) is 46.9. The normalized spacial score (nSPS) is 21.7. The first kappa shape index (κ1) is 20.9. The SMILES string of the molecule is COC(=O)C1(C(=O)OC)CCC2(C(=O)N(C)c3cc(C)ccc32)N(c2ccccc2)O1. The molecular formula is C23H24N2O6. The quantitative estimate of drug-likeness (QED) is 0.553. The number of carbonyl (C=O) groups excluding carboxylic acids is 3. The molecule has 1 saturated heterocycles. The van der Waals surface area contributed by atoms with E-state index in [0.717, 1.165) is 16.8 Å². The van der Waals surface area contributed by atoms with Crippen molar-refractivity contribution in [3.8, 4) is 0 Å². The van der Waals surface area contributed by atoms with Crippen molar-refractivity contribution in [1.82, 2.24) is 0 Å². The Morgan fingerprint density at radius 3 is 2.26 bits per heavy atom. The van der Waals surface area contributed by atoms with Crippen molar-refractivity contribution < 1.29 is 28.7 Å². The van der Waals surface area contributed by atoms with Gasteiger partial charge < -0.3 is 14.4 Å². The standard InChI is InChI=1S/C23H24N2O6/c1-15-10-11-17-18(14-15)24(2)19(26)22(17)12-13-23(20(27)29-3,21(28)30-4)31-25(22)16-8-6-5-7-9-16/h5-11,14H,12-13H2,1-4H3. The lowest BCUT2D eigenvalue weighted by Crippen LogP contribution is -2.65. The number of likely N-dealkylation sites (N-methyl/N-ethyl adjacent to an activating group) is 1. The van der Waals surface area contributed by atoms with E-state index in [4.69, 9.17) is 14.3 Å². The average molecular weight is 424 g/mol. The number of fused-ring (bicyclic) bond motifs is 2. The lowest BCUT2D eigenvalue weighted by Gasteiger charge is -2.48. The van der Waals surface area contributed by atoms with Crippen LogP contribution in [0.4, 0.5) is 11.4 Å². The van der Waals surface area contributed by atoms with E-state index < -0.39 is 23.1 Å². The van der Waals surface area contributed by atoms with Crippen LogP contribution in [-0.2, 0) is 34.2 Å². The van der Waals surface area contributed by atoms with E-state index in [2.05, 4.69) is 0 Å². The van der Waals surface area contributed by atoms with Gasteiger partial charge in [-0.25, -0.2) is 19.5 Å². The predicted octanol–water partition coefficient (Wildman–Crippen LogP) is 2.48. The van der Waals surface area contributed by atoms with Crippen molar-refractivity contribution in [1.29, 1.82) is 0 Å². The van der Waals surface area contributed by atoms with E-state index in [9.17, 15) is 14.4 Å². The molecule has 4 rings (SSSR count). The summed E-state index contributed by atoms with van der Waals surface area (Å²) in [5, 5.41) is 1.38. The van der Waals surface area contributed by atoms with Gasteiger partial charge in [-0.1, -0.05) is 30.3 Å². The Kier molecular flexibility index (Phi) is 4.97. The van der Waals surface area contributed by atoms with Gasteiger partial charge in [-0.2, -0.15) is 0 Å². The lowest BCUT2D eigenvalue weighted by atomic mass is 9.79. The highest BCUT2D eigenvalue weighted by Crippen LogP contribution is 2.53. The number of amides is 1. The maximum atomic E-state index is 13.7. The van der Waals surface area contributed by atoms with Gasteiger partial charge in [-0.05, 0) is 37.1 Å². The molecule has 2 aromatic carbocycles. The van der Waals surface area contributed by atoms with E-state index in [1.165, 1.54) is 19.3 Å². The lowest BCUT2D eigenvalue weighted by molar-refractivity contribution is -0.204. The number of aryl methyl sites for hydroxylation is 1. The van der Waals surface area contributed by atoms with E-state index in [0.29, 0.717) is 5.69 Å². The molecule has 1 atom stereocenters. The minimum atomic E-state index is -2.02. The van der Waals surface area contributed by atoms with Crippen LogP contribution in [0.2, 0.25) is 0 Å². The second kappa shape index (κ2) is 7.39. The molecule has 8 nitrogen and oxygen atoms in total. The van der Waals surface area contributed by atoms with E-state index in [1.807, 2.05) is 31.2 Å². The van der Waals surface area contributed by atoms with Crippen LogP contribution in [0.5, 0.6) is 0 Å². The van der Waals surface area contributed by atoms with Gasteiger partial charge in [0, 0.05) is 24.7 Å². The molecule has 0 N–H and O–H groups in total. The summed E-state index contributed by atoms with van der Waals surface area (Å²) < 4.78 is 9.80. The molecule has 0 bridgehead atoms. The van der Waals surface area contributed by atoms with Gasteiger partial charge in [-0.15, -0.1) is 0 Å². The zero-order valence-corrected chi connectivity index (χ0v) is 17.9. The average Bonchev–Trinajstić information content (AvgIpc) is 3.01. The molecule has 0 aliphatic carbocycles. The number of hydrogen-bond acceptors (Lipinski definition) is 7. The number of carbonyl (C=O) groups is 3. The molecule has 31 heavy (non-hydrogen) atoms. The summed E-state index contributed by atoms with van der Waals surface area (Å²) in [7, 11) is 4.07. The third-order valence-electron chi connectivity index (χ3n) is 6.07. The number of hydrogen-bond donors (Lipinski definition) is 0. The molecule has 1 spiro atoms. The first-order valence-corrected chi connectivity index (χ1v) is 9.92. The number of para-hydroxylation sites is 1. The molecule has 0 saturated carbocycles. The Morgan fingerprint density at radius 1 is 1.00 bits per heavy atom.